The molecule has 0 saturated heterocycles. The van der Waals surface area contributed by atoms with Crippen molar-refractivity contribution in [3.8, 4) is 11.3 Å². The lowest BCUT2D eigenvalue weighted by Gasteiger charge is -2.10. The van der Waals surface area contributed by atoms with E-state index in [0.29, 0.717) is 16.6 Å². The molecule has 0 atom stereocenters. The van der Waals surface area contributed by atoms with Crippen molar-refractivity contribution in [2.24, 2.45) is 0 Å². The van der Waals surface area contributed by atoms with Crippen molar-refractivity contribution >= 4 is 29.2 Å². The molecular weight excluding hydrogens is 347 g/mol. The predicted molar refractivity (Wildman–Crippen MR) is 94.9 cm³/mol. The van der Waals surface area contributed by atoms with Crippen LogP contribution in [0.2, 0.25) is 10.0 Å². The van der Waals surface area contributed by atoms with Crippen LogP contribution in [-0.2, 0) is 6.54 Å². The van der Waals surface area contributed by atoms with Gasteiger partial charge in [-0.05, 0) is 36.2 Å². The van der Waals surface area contributed by atoms with Gasteiger partial charge in [0.05, 0.1) is 12.2 Å². The van der Waals surface area contributed by atoms with Crippen LogP contribution in [-0.4, -0.2) is 20.9 Å². The molecule has 2 aromatic carbocycles. The minimum absolute atomic E-state index is 0.00402. The second kappa shape index (κ2) is 6.67. The largest absolute Gasteiger partial charge is 0.476 e. The molecule has 3 rings (SSSR count). The Morgan fingerprint density at radius 2 is 1.83 bits per heavy atom. The maximum Gasteiger partial charge on any atom is 0.356 e. The van der Waals surface area contributed by atoms with Gasteiger partial charge in [0, 0.05) is 10.0 Å². The molecule has 24 heavy (non-hydrogen) atoms. The quantitative estimate of drug-likeness (QED) is 0.718. The fourth-order valence-electron chi connectivity index (χ4n) is 2.41. The maximum atomic E-state index is 11.3. The summed E-state index contributed by atoms with van der Waals surface area (Å²) >= 11 is 12.1. The molecule has 1 heterocycles. The van der Waals surface area contributed by atoms with Crippen molar-refractivity contribution in [1.82, 2.24) is 9.78 Å². The summed E-state index contributed by atoms with van der Waals surface area (Å²) in [7, 11) is 0. The van der Waals surface area contributed by atoms with Gasteiger partial charge in [0.2, 0.25) is 0 Å². The molecule has 0 saturated carbocycles. The van der Waals surface area contributed by atoms with Crippen LogP contribution in [0.15, 0.2) is 48.5 Å². The molecule has 0 fully saturated rings. The van der Waals surface area contributed by atoms with E-state index in [1.165, 1.54) is 0 Å². The lowest BCUT2D eigenvalue weighted by atomic mass is 10.1. The maximum absolute atomic E-state index is 11.3. The van der Waals surface area contributed by atoms with E-state index in [-0.39, 0.29) is 5.69 Å². The van der Waals surface area contributed by atoms with Crippen molar-refractivity contribution in [3.63, 3.8) is 0 Å². The number of nitrogens with zero attached hydrogens (tertiary/aromatic N) is 2. The van der Waals surface area contributed by atoms with Gasteiger partial charge in [0.1, 0.15) is 0 Å². The van der Waals surface area contributed by atoms with Crippen LogP contribution in [0.25, 0.3) is 11.3 Å². The van der Waals surface area contributed by atoms with Gasteiger partial charge in [-0.3, -0.25) is 4.68 Å². The van der Waals surface area contributed by atoms with Gasteiger partial charge in [0.15, 0.2) is 5.69 Å². The third kappa shape index (κ3) is 3.45. The Balaban J connectivity index is 2.05. The minimum Gasteiger partial charge on any atom is -0.476 e. The van der Waals surface area contributed by atoms with E-state index in [9.17, 15) is 9.90 Å². The van der Waals surface area contributed by atoms with Gasteiger partial charge in [-0.2, -0.15) is 5.10 Å². The van der Waals surface area contributed by atoms with Crippen LogP contribution < -0.4 is 0 Å². The molecule has 122 valence electrons. The Hall–Kier alpha value is -2.30. The number of benzene rings is 2. The van der Waals surface area contributed by atoms with E-state index in [4.69, 9.17) is 23.2 Å². The molecule has 4 nitrogen and oxygen atoms in total. The highest BCUT2D eigenvalue weighted by atomic mass is 35.5. The zero-order chi connectivity index (χ0) is 17.3. The second-order valence-electron chi connectivity index (χ2n) is 5.48. The summed E-state index contributed by atoms with van der Waals surface area (Å²) in [5.41, 5.74) is 3.55. The highest BCUT2D eigenvalue weighted by Gasteiger charge is 2.15. The highest BCUT2D eigenvalue weighted by molar-refractivity contribution is 6.35. The summed E-state index contributed by atoms with van der Waals surface area (Å²) in [6.45, 7) is 2.35. The molecule has 0 amide bonds. The molecule has 1 N–H and O–H groups in total. The number of carboxylic acid groups (broad SMARTS) is 1. The van der Waals surface area contributed by atoms with Crippen LogP contribution in [0.4, 0.5) is 0 Å². The van der Waals surface area contributed by atoms with Gasteiger partial charge in [0.25, 0.3) is 0 Å². The molecule has 1 aromatic heterocycles. The van der Waals surface area contributed by atoms with E-state index in [0.717, 1.165) is 22.4 Å². The number of hydrogen-bond donors (Lipinski definition) is 1. The number of carboxylic acids is 1. The van der Waals surface area contributed by atoms with Gasteiger partial charge in [-0.1, -0.05) is 59.1 Å². The van der Waals surface area contributed by atoms with Crippen LogP contribution in [0.5, 0.6) is 0 Å². The van der Waals surface area contributed by atoms with Gasteiger partial charge in [-0.25, -0.2) is 4.79 Å². The second-order valence-corrected chi connectivity index (χ2v) is 6.32. The smallest absolute Gasteiger partial charge is 0.356 e. The van der Waals surface area contributed by atoms with E-state index < -0.39 is 5.97 Å². The van der Waals surface area contributed by atoms with Crippen molar-refractivity contribution in [2.75, 3.05) is 0 Å². The first-order valence-electron chi connectivity index (χ1n) is 7.26. The molecule has 0 radical (unpaired) electrons. The van der Waals surface area contributed by atoms with Crippen molar-refractivity contribution in [3.05, 3.63) is 75.4 Å². The number of rotatable bonds is 4. The van der Waals surface area contributed by atoms with E-state index in [2.05, 4.69) is 5.10 Å². The Bertz CT molecular complexity index is 902. The topological polar surface area (TPSA) is 55.1 Å². The lowest BCUT2D eigenvalue weighted by molar-refractivity contribution is 0.0689. The summed E-state index contributed by atoms with van der Waals surface area (Å²) in [6, 6.07) is 14.6. The molecule has 0 aliphatic rings. The zero-order valence-corrected chi connectivity index (χ0v) is 14.3. The first-order valence-corrected chi connectivity index (χ1v) is 8.02. The standard InChI is InChI=1S/C18H14Cl2N2O2/c1-11-2-4-12(5-3-11)17-9-16(18(23)24)21-22(17)10-13-6-7-14(19)8-15(13)20/h2-9H,10H2,1H3,(H,23,24). The SMILES string of the molecule is Cc1ccc(-c2cc(C(=O)O)nn2Cc2ccc(Cl)cc2Cl)cc1. The van der Waals surface area contributed by atoms with Crippen LogP contribution >= 0.6 is 23.2 Å². The third-order valence-electron chi connectivity index (χ3n) is 3.68. The number of halogens is 2. The first kappa shape index (κ1) is 16.6. The molecule has 0 bridgehead atoms. The molecule has 3 aromatic rings. The summed E-state index contributed by atoms with van der Waals surface area (Å²) in [5, 5.41) is 14.5. The number of aryl methyl sites for hydroxylation is 1. The fraction of sp³-hybridized carbons (Fsp3) is 0.111. The minimum atomic E-state index is -1.07. The van der Waals surface area contributed by atoms with Gasteiger partial charge >= 0.3 is 5.97 Å². The number of aromatic carboxylic acids is 1. The Labute approximate surface area is 149 Å². The van der Waals surface area contributed by atoms with Crippen LogP contribution in [0.3, 0.4) is 0 Å². The van der Waals surface area contributed by atoms with Crippen molar-refractivity contribution < 1.29 is 9.90 Å². The van der Waals surface area contributed by atoms with E-state index >= 15 is 0 Å². The monoisotopic (exact) mass is 360 g/mol. The molecule has 0 spiro atoms. The van der Waals surface area contributed by atoms with Crippen LogP contribution in [0, 0.1) is 6.92 Å². The van der Waals surface area contributed by atoms with E-state index in [1.807, 2.05) is 37.3 Å². The Morgan fingerprint density at radius 1 is 1.12 bits per heavy atom. The molecule has 6 heteroatoms. The lowest BCUT2D eigenvalue weighted by Crippen LogP contribution is -2.06. The Kier molecular flexibility index (Phi) is 4.60. The third-order valence-corrected chi connectivity index (χ3v) is 4.27. The molecular formula is C18H14Cl2N2O2. The first-order chi connectivity index (χ1) is 11.4. The summed E-state index contributed by atoms with van der Waals surface area (Å²) in [4.78, 5) is 11.3. The van der Waals surface area contributed by atoms with Gasteiger partial charge < -0.3 is 5.11 Å². The number of aromatic nitrogens is 2. The number of hydrogen-bond acceptors (Lipinski definition) is 2. The van der Waals surface area contributed by atoms with Crippen molar-refractivity contribution in [1.29, 1.82) is 0 Å². The average Bonchev–Trinajstić information content (AvgIpc) is 2.95. The average molecular weight is 361 g/mol. The summed E-state index contributed by atoms with van der Waals surface area (Å²) in [6.07, 6.45) is 0. The molecule has 0 unspecified atom stereocenters. The fourth-order valence-corrected chi connectivity index (χ4v) is 2.88. The summed E-state index contributed by atoms with van der Waals surface area (Å²) in [5.74, 6) is -1.07. The van der Waals surface area contributed by atoms with Crippen LogP contribution in [0.1, 0.15) is 21.6 Å². The number of carbonyl (C=O) groups is 1. The highest BCUT2D eigenvalue weighted by Crippen LogP contribution is 2.26. The van der Waals surface area contributed by atoms with E-state index in [1.54, 1.807) is 22.9 Å². The molecule has 0 aliphatic heterocycles. The zero-order valence-electron chi connectivity index (χ0n) is 12.8. The van der Waals surface area contributed by atoms with Crippen molar-refractivity contribution in [2.45, 2.75) is 13.5 Å². The predicted octanol–water partition coefficient (Wildman–Crippen LogP) is 4.91. The summed E-state index contributed by atoms with van der Waals surface area (Å²) < 4.78 is 1.64. The molecule has 0 aliphatic carbocycles. The Morgan fingerprint density at radius 3 is 2.46 bits per heavy atom. The normalized spacial score (nSPS) is 10.8. The van der Waals surface area contributed by atoms with Gasteiger partial charge in [-0.15, -0.1) is 0 Å².